The van der Waals surface area contributed by atoms with E-state index in [1.54, 1.807) is 7.11 Å². The van der Waals surface area contributed by atoms with Gasteiger partial charge < -0.3 is 15.0 Å². The average molecular weight is 411 g/mol. The molecule has 29 heavy (non-hydrogen) atoms. The number of benzene rings is 2. The number of carbonyl (C=O) groups excluding carboxylic acids is 1. The maximum atomic E-state index is 12.3. The minimum absolute atomic E-state index is 0.00710. The van der Waals surface area contributed by atoms with E-state index < -0.39 is 0 Å². The molecule has 0 unspecified atom stereocenters. The Hall–Kier alpha value is -2.93. The lowest BCUT2D eigenvalue weighted by atomic mass is 10.1. The number of rotatable bonds is 10. The van der Waals surface area contributed by atoms with Crippen LogP contribution in [0.2, 0.25) is 0 Å². The Morgan fingerprint density at radius 3 is 2.69 bits per heavy atom. The van der Waals surface area contributed by atoms with Gasteiger partial charge in [0.05, 0.1) is 13.7 Å². The normalized spacial score (nSPS) is 10.6. The molecule has 0 saturated heterocycles. The van der Waals surface area contributed by atoms with Crippen LogP contribution >= 0.6 is 11.5 Å². The van der Waals surface area contributed by atoms with Crippen LogP contribution in [-0.4, -0.2) is 35.5 Å². The van der Waals surface area contributed by atoms with Crippen LogP contribution in [-0.2, 0) is 17.8 Å². The molecule has 152 valence electrons. The fraction of sp³-hybridized carbons (Fsp3) is 0.318. The maximum Gasteiger partial charge on any atom is 0.239 e. The number of hydrogen-bond donors (Lipinski definition) is 1. The molecule has 0 bridgehead atoms. The Bertz CT molecular complexity index is 914. The summed E-state index contributed by atoms with van der Waals surface area (Å²) in [5, 5.41) is 3.69. The fourth-order valence-corrected chi connectivity index (χ4v) is 3.58. The second-order valence-corrected chi connectivity index (χ2v) is 7.44. The van der Waals surface area contributed by atoms with Crippen molar-refractivity contribution < 1.29 is 9.53 Å². The summed E-state index contributed by atoms with van der Waals surface area (Å²) in [7, 11) is 1.66. The highest BCUT2D eigenvalue weighted by molar-refractivity contribution is 7.09. The Morgan fingerprint density at radius 2 is 1.93 bits per heavy atom. The van der Waals surface area contributed by atoms with Gasteiger partial charge in [-0.2, -0.15) is 4.37 Å². The molecule has 0 fully saturated rings. The Balaban J connectivity index is 1.75. The molecule has 7 heteroatoms. The van der Waals surface area contributed by atoms with Gasteiger partial charge in [0.1, 0.15) is 11.6 Å². The zero-order valence-corrected chi connectivity index (χ0v) is 17.6. The summed E-state index contributed by atoms with van der Waals surface area (Å²) in [6.45, 7) is 3.57. The van der Waals surface area contributed by atoms with Crippen molar-refractivity contribution in [2.45, 2.75) is 26.3 Å². The van der Waals surface area contributed by atoms with Crippen LogP contribution in [0.4, 0.5) is 5.13 Å². The Morgan fingerprint density at radius 1 is 1.14 bits per heavy atom. The van der Waals surface area contributed by atoms with E-state index in [2.05, 4.69) is 21.8 Å². The highest BCUT2D eigenvalue weighted by Crippen LogP contribution is 2.22. The van der Waals surface area contributed by atoms with E-state index in [0.717, 1.165) is 34.3 Å². The van der Waals surface area contributed by atoms with Crippen molar-refractivity contribution in [1.29, 1.82) is 0 Å². The number of anilines is 1. The summed E-state index contributed by atoms with van der Waals surface area (Å²) in [4.78, 5) is 19.0. The number of methoxy groups -OCH3 is 1. The number of carbonyl (C=O) groups is 1. The topological polar surface area (TPSA) is 67.4 Å². The first kappa shape index (κ1) is 20.8. The van der Waals surface area contributed by atoms with Crippen LogP contribution in [0.15, 0.2) is 54.6 Å². The number of nitrogens with one attached hydrogen (secondary N) is 1. The van der Waals surface area contributed by atoms with Gasteiger partial charge >= 0.3 is 0 Å². The quantitative estimate of drug-likeness (QED) is 0.552. The molecule has 0 spiro atoms. The second-order valence-electron chi connectivity index (χ2n) is 6.71. The molecule has 1 amide bonds. The third-order valence-electron chi connectivity index (χ3n) is 4.35. The standard InChI is InChI=1S/C22H26N4O2S/c1-3-12-23-21(27)16-26(15-17-8-5-4-6-9-17)22-24-20(25-29-22)14-18-10-7-11-19(13-18)28-2/h4-11,13H,3,12,14-16H2,1-2H3,(H,23,27). The number of hydrogen-bond acceptors (Lipinski definition) is 6. The lowest BCUT2D eigenvalue weighted by Crippen LogP contribution is -2.37. The van der Waals surface area contributed by atoms with Crippen LogP contribution in [0.1, 0.15) is 30.3 Å². The average Bonchev–Trinajstić information content (AvgIpc) is 3.21. The molecular formula is C22H26N4O2S. The van der Waals surface area contributed by atoms with Gasteiger partial charge in [0.2, 0.25) is 11.0 Å². The van der Waals surface area contributed by atoms with E-state index in [-0.39, 0.29) is 12.5 Å². The molecule has 0 radical (unpaired) electrons. The molecule has 0 saturated carbocycles. The van der Waals surface area contributed by atoms with E-state index in [4.69, 9.17) is 9.72 Å². The summed E-state index contributed by atoms with van der Waals surface area (Å²) in [6, 6.07) is 18.0. The highest BCUT2D eigenvalue weighted by Gasteiger charge is 2.17. The number of ether oxygens (including phenoxy) is 1. The smallest absolute Gasteiger partial charge is 0.239 e. The van der Waals surface area contributed by atoms with Gasteiger partial charge in [-0.1, -0.05) is 49.4 Å². The van der Waals surface area contributed by atoms with Crippen LogP contribution in [0, 0.1) is 0 Å². The predicted molar refractivity (Wildman–Crippen MR) is 117 cm³/mol. The summed E-state index contributed by atoms with van der Waals surface area (Å²) >= 11 is 1.33. The maximum absolute atomic E-state index is 12.3. The van der Waals surface area contributed by atoms with Crippen molar-refractivity contribution in [2.24, 2.45) is 0 Å². The molecule has 1 aromatic heterocycles. The van der Waals surface area contributed by atoms with Crippen LogP contribution in [0.3, 0.4) is 0 Å². The zero-order valence-electron chi connectivity index (χ0n) is 16.8. The fourth-order valence-electron chi connectivity index (χ4n) is 2.90. The van der Waals surface area contributed by atoms with Gasteiger partial charge in [-0.25, -0.2) is 4.98 Å². The molecule has 0 atom stereocenters. The van der Waals surface area contributed by atoms with Gasteiger partial charge in [0.15, 0.2) is 0 Å². The Labute approximate surface area is 175 Å². The van der Waals surface area contributed by atoms with Gasteiger partial charge in [0.25, 0.3) is 0 Å². The molecule has 0 aliphatic heterocycles. The first-order valence-electron chi connectivity index (χ1n) is 9.69. The lowest BCUT2D eigenvalue weighted by molar-refractivity contribution is -0.119. The largest absolute Gasteiger partial charge is 0.497 e. The van der Waals surface area contributed by atoms with Crippen molar-refractivity contribution in [3.8, 4) is 5.75 Å². The molecule has 3 aromatic rings. The SMILES string of the molecule is CCCNC(=O)CN(Cc1ccccc1)c1nc(Cc2cccc(OC)c2)ns1. The number of aromatic nitrogens is 2. The minimum Gasteiger partial charge on any atom is -0.497 e. The number of nitrogens with zero attached hydrogens (tertiary/aromatic N) is 3. The van der Waals surface area contributed by atoms with Crippen LogP contribution in [0.5, 0.6) is 5.75 Å². The van der Waals surface area contributed by atoms with Crippen molar-refractivity contribution in [3.05, 3.63) is 71.5 Å². The molecule has 0 aliphatic rings. The van der Waals surface area contributed by atoms with Gasteiger partial charge in [-0.15, -0.1) is 0 Å². The van der Waals surface area contributed by atoms with E-state index in [0.29, 0.717) is 19.5 Å². The first-order chi connectivity index (χ1) is 14.2. The number of amides is 1. The highest BCUT2D eigenvalue weighted by atomic mass is 32.1. The third kappa shape index (κ3) is 6.29. The van der Waals surface area contributed by atoms with Crippen LogP contribution in [0.25, 0.3) is 0 Å². The van der Waals surface area contributed by atoms with E-state index in [1.807, 2.05) is 54.3 Å². The molecule has 1 heterocycles. The van der Waals surface area contributed by atoms with Crippen molar-refractivity contribution in [3.63, 3.8) is 0 Å². The molecular weight excluding hydrogens is 384 g/mol. The van der Waals surface area contributed by atoms with Gasteiger partial charge in [-0.05, 0) is 29.7 Å². The van der Waals surface area contributed by atoms with E-state index in [1.165, 1.54) is 11.5 Å². The molecule has 3 rings (SSSR count). The van der Waals surface area contributed by atoms with E-state index >= 15 is 0 Å². The summed E-state index contributed by atoms with van der Waals surface area (Å²) < 4.78 is 9.80. The summed E-state index contributed by atoms with van der Waals surface area (Å²) in [6.07, 6.45) is 1.53. The van der Waals surface area contributed by atoms with Crippen molar-refractivity contribution in [2.75, 3.05) is 25.1 Å². The minimum atomic E-state index is -0.00710. The molecule has 1 N–H and O–H groups in total. The molecule has 6 nitrogen and oxygen atoms in total. The molecule has 2 aromatic carbocycles. The van der Waals surface area contributed by atoms with Crippen LogP contribution < -0.4 is 15.0 Å². The van der Waals surface area contributed by atoms with Crippen molar-refractivity contribution >= 4 is 22.6 Å². The second kappa shape index (κ2) is 10.6. The summed E-state index contributed by atoms with van der Waals surface area (Å²) in [5.41, 5.74) is 2.21. The van der Waals surface area contributed by atoms with Gasteiger partial charge in [0, 0.05) is 31.0 Å². The lowest BCUT2D eigenvalue weighted by Gasteiger charge is -2.21. The molecule has 0 aliphatic carbocycles. The Kier molecular flexibility index (Phi) is 7.58. The van der Waals surface area contributed by atoms with E-state index in [9.17, 15) is 4.79 Å². The zero-order chi connectivity index (χ0) is 20.5. The predicted octanol–water partition coefficient (Wildman–Crippen LogP) is 3.67. The van der Waals surface area contributed by atoms with Gasteiger partial charge in [-0.3, -0.25) is 4.79 Å². The monoisotopic (exact) mass is 410 g/mol. The summed E-state index contributed by atoms with van der Waals surface area (Å²) in [5.74, 6) is 1.55. The third-order valence-corrected chi connectivity index (χ3v) is 5.16. The van der Waals surface area contributed by atoms with Crippen molar-refractivity contribution in [1.82, 2.24) is 14.7 Å². The first-order valence-corrected chi connectivity index (χ1v) is 10.5.